The molecule has 0 bridgehead atoms. The Kier molecular flexibility index (Phi) is 1.49. The Morgan fingerprint density at radius 1 is 1.29 bits per heavy atom. The smallest absolute Gasteiger partial charge is 0.0926 e. The maximum absolute atomic E-state index is 4.36. The molecule has 0 radical (unpaired) electrons. The van der Waals surface area contributed by atoms with Gasteiger partial charge in [-0.3, -0.25) is 5.10 Å². The van der Waals surface area contributed by atoms with Gasteiger partial charge in [0.15, 0.2) is 0 Å². The zero-order valence-electron chi connectivity index (χ0n) is 8.59. The van der Waals surface area contributed by atoms with Crippen molar-refractivity contribution in [1.82, 2.24) is 10.2 Å². The van der Waals surface area contributed by atoms with Crippen molar-refractivity contribution in [3.8, 4) is 0 Å². The highest BCUT2D eigenvalue weighted by Gasteiger charge is 2.27. The molecule has 2 aromatic rings. The van der Waals surface area contributed by atoms with Crippen LogP contribution in [0.15, 0.2) is 12.1 Å². The summed E-state index contributed by atoms with van der Waals surface area (Å²) in [5, 5.41) is 8.92. The lowest BCUT2D eigenvalue weighted by atomic mass is 10.0. The van der Waals surface area contributed by atoms with Crippen LogP contribution in [0.5, 0.6) is 0 Å². The van der Waals surface area contributed by atoms with E-state index in [0.29, 0.717) is 0 Å². The number of aromatic amines is 1. The fourth-order valence-electron chi connectivity index (χ4n) is 2.08. The number of H-pyrrole nitrogens is 1. The molecule has 1 aromatic carbocycles. The minimum atomic E-state index is 0.750. The number of hydrogen-bond acceptors (Lipinski definition) is 1. The summed E-state index contributed by atoms with van der Waals surface area (Å²) in [5.74, 6) is 0.750. The van der Waals surface area contributed by atoms with E-state index in [1.54, 1.807) is 0 Å². The fourth-order valence-corrected chi connectivity index (χ4v) is 2.08. The molecule has 72 valence electrons. The van der Waals surface area contributed by atoms with E-state index in [9.17, 15) is 0 Å². The predicted molar refractivity (Wildman–Crippen MR) is 57.5 cm³/mol. The molecule has 0 aliphatic heterocycles. The van der Waals surface area contributed by atoms with E-state index < -0.39 is 0 Å². The van der Waals surface area contributed by atoms with E-state index >= 15 is 0 Å². The Balaban J connectivity index is 2.36. The molecule has 14 heavy (non-hydrogen) atoms. The second-order valence-corrected chi connectivity index (χ2v) is 4.31. The van der Waals surface area contributed by atoms with Crippen LogP contribution in [-0.2, 0) is 0 Å². The standard InChI is InChI=1S/C12H14N2/c1-7-3-6-10-11(8(7)2)12(14-13-10)9-4-5-9/h3,6,9H,4-5H2,1-2H3,(H,13,14). The second-order valence-electron chi connectivity index (χ2n) is 4.31. The molecule has 1 heterocycles. The van der Waals surface area contributed by atoms with Gasteiger partial charge in [-0.15, -0.1) is 0 Å². The van der Waals surface area contributed by atoms with Gasteiger partial charge in [-0.05, 0) is 43.9 Å². The van der Waals surface area contributed by atoms with Crippen LogP contribution >= 0.6 is 0 Å². The summed E-state index contributed by atoms with van der Waals surface area (Å²) in [6.45, 7) is 4.36. The van der Waals surface area contributed by atoms with Gasteiger partial charge in [-0.2, -0.15) is 5.10 Å². The van der Waals surface area contributed by atoms with E-state index in [1.165, 1.54) is 35.0 Å². The first-order chi connectivity index (χ1) is 6.77. The van der Waals surface area contributed by atoms with E-state index in [2.05, 4.69) is 36.2 Å². The third-order valence-corrected chi connectivity index (χ3v) is 3.27. The van der Waals surface area contributed by atoms with Gasteiger partial charge in [0.05, 0.1) is 5.52 Å². The van der Waals surface area contributed by atoms with Crippen LogP contribution < -0.4 is 0 Å². The van der Waals surface area contributed by atoms with Gasteiger partial charge in [-0.1, -0.05) is 6.07 Å². The molecule has 2 heteroatoms. The zero-order valence-corrected chi connectivity index (χ0v) is 8.59. The van der Waals surface area contributed by atoms with E-state index in [0.717, 1.165) is 11.4 Å². The van der Waals surface area contributed by atoms with Gasteiger partial charge >= 0.3 is 0 Å². The normalized spacial score (nSPS) is 16.4. The first-order valence-electron chi connectivity index (χ1n) is 5.21. The van der Waals surface area contributed by atoms with Crippen molar-refractivity contribution in [3.05, 3.63) is 29.0 Å². The third kappa shape index (κ3) is 0.999. The number of nitrogens with zero attached hydrogens (tertiary/aromatic N) is 1. The highest BCUT2D eigenvalue weighted by Crippen LogP contribution is 2.42. The third-order valence-electron chi connectivity index (χ3n) is 3.27. The fraction of sp³-hybridized carbons (Fsp3) is 0.417. The minimum absolute atomic E-state index is 0.750. The molecule has 0 atom stereocenters. The lowest BCUT2D eigenvalue weighted by Crippen LogP contribution is -1.85. The maximum atomic E-state index is 4.36. The molecule has 1 saturated carbocycles. The summed E-state index contributed by atoms with van der Waals surface area (Å²) in [7, 11) is 0. The largest absolute Gasteiger partial charge is 0.281 e. The SMILES string of the molecule is Cc1ccc2n[nH]c(C3CC3)c2c1C. The summed E-state index contributed by atoms with van der Waals surface area (Å²) >= 11 is 0. The summed E-state index contributed by atoms with van der Waals surface area (Å²) in [6.07, 6.45) is 2.65. The first-order valence-corrected chi connectivity index (χ1v) is 5.21. The molecule has 0 saturated heterocycles. The molecule has 1 fully saturated rings. The van der Waals surface area contributed by atoms with Crippen molar-refractivity contribution < 1.29 is 0 Å². The molecule has 0 amide bonds. The Morgan fingerprint density at radius 3 is 2.79 bits per heavy atom. The molecule has 1 aromatic heterocycles. The minimum Gasteiger partial charge on any atom is -0.281 e. The van der Waals surface area contributed by atoms with Crippen molar-refractivity contribution in [1.29, 1.82) is 0 Å². The van der Waals surface area contributed by atoms with E-state index in [-0.39, 0.29) is 0 Å². The Hall–Kier alpha value is -1.31. The van der Waals surface area contributed by atoms with Crippen LogP contribution in [0, 0.1) is 13.8 Å². The first kappa shape index (κ1) is 8.04. The average Bonchev–Trinajstić information content (AvgIpc) is 2.93. The van der Waals surface area contributed by atoms with Crippen LogP contribution in [0.4, 0.5) is 0 Å². The van der Waals surface area contributed by atoms with E-state index in [4.69, 9.17) is 0 Å². The Morgan fingerprint density at radius 2 is 2.07 bits per heavy atom. The topological polar surface area (TPSA) is 28.7 Å². The lowest BCUT2D eigenvalue weighted by molar-refractivity contribution is 0.978. The predicted octanol–water partition coefficient (Wildman–Crippen LogP) is 3.06. The summed E-state index contributed by atoms with van der Waals surface area (Å²) < 4.78 is 0. The van der Waals surface area contributed by atoms with Gasteiger partial charge in [-0.25, -0.2) is 0 Å². The van der Waals surface area contributed by atoms with Crippen molar-refractivity contribution in [2.45, 2.75) is 32.6 Å². The van der Waals surface area contributed by atoms with Crippen LogP contribution in [0.3, 0.4) is 0 Å². The molecule has 0 spiro atoms. The number of rotatable bonds is 1. The van der Waals surface area contributed by atoms with Crippen molar-refractivity contribution >= 4 is 10.9 Å². The van der Waals surface area contributed by atoms with Gasteiger partial charge in [0.25, 0.3) is 0 Å². The van der Waals surface area contributed by atoms with E-state index in [1.807, 2.05) is 0 Å². The average molecular weight is 186 g/mol. The van der Waals surface area contributed by atoms with Crippen molar-refractivity contribution in [2.24, 2.45) is 0 Å². The molecular formula is C12H14N2. The summed E-state index contributed by atoms with van der Waals surface area (Å²) in [5.41, 5.74) is 5.23. The lowest BCUT2D eigenvalue weighted by Gasteiger charge is -2.02. The van der Waals surface area contributed by atoms with Gasteiger partial charge in [0, 0.05) is 17.0 Å². The molecule has 3 rings (SSSR count). The second kappa shape index (κ2) is 2.59. The number of hydrogen-bond donors (Lipinski definition) is 1. The number of aryl methyl sites for hydroxylation is 2. The van der Waals surface area contributed by atoms with Gasteiger partial charge < -0.3 is 0 Å². The molecule has 2 nitrogen and oxygen atoms in total. The highest BCUT2D eigenvalue weighted by atomic mass is 15.1. The molecule has 1 aliphatic carbocycles. The quantitative estimate of drug-likeness (QED) is 0.728. The summed E-state index contributed by atoms with van der Waals surface area (Å²) in [6, 6.07) is 4.26. The number of benzene rings is 1. The number of aromatic nitrogens is 2. The van der Waals surface area contributed by atoms with Crippen LogP contribution in [0.2, 0.25) is 0 Å². The Bertz CT molecular complexity index is 492. The molecular weight excluding hydrogens is 172 g/mol. The molecule has 0 unspecified atom stereocenters. The monoisotopic (exact) mass is 186 g/mol. The zero-order chi connectivity index (χ0) is 9.71. The van der Waals surface area contributed by atoms with Crippen LogP contribution in [0.25, 0.3) is 10.9 Å². The van der Waals surface area contributed by atoms with Crippen LogP contribution in [0.1, 0.15) is 35.6 Å². The number of nitrogens with one attached hydrogen (secondary N) is 1. The number of fused-ring (bicyclic) bond motifs is 1. The summed E-state index contributed by atoms with van der Waals surface area (Å²) in [4.78, 5) is 0. The molecule has 1 aliphatic rings. The van der Waals surface area contributed by atoms with Gasteiger partial charge in [0.1, 0.15) is 0 Å². The van der Waals surface area contributed by atoms with Gasteiger partial charge in [0.2, 0.25) is 0 Å². The van der Waals surface area contributed by atoms with Crippen LogP contribution in [-0.4, -0.2) is 10.2 Å². The Labute approximate surface area is 83.3 Å². The van der Waals surface area contributed by atoms with Crippen molar-refractivity contribution in [3.63, 3.8) is 0 Å². The molecule has 1 N–H and O–H groups in total. The maximum Gasteiger partial charge on any atom is 0.0926 e. The highest BCUT2D eigenvalue weighted by molar-refractivity contribution is 5.86. The van der Waals surface area contributed by atoms with Crippen molar-refractivity contribution in [2.75, 3.05) is 0 Å².